The minimum absolute atomic E-state index is 0.260. The Hall–Kier alpha value is -3.28. The topological polar surface area (TPSA) is 69.2 Å². The fraction of sp³-hybridized carbons (Fsp3) is 0.0435. The Labute approximate surface area is 182 Å². The maximum absolute atomic E-state index is 12.8. The summed E-state index contributed by atoms with van der Waals surface area (Å²) in [6.07, 6.45) is 3.31. The zero-order chi connectivity index (χ0) is 21.1. The molecule has 5 nitrogen and oxygen atoms in total. The average molecular weight is 437 g/mol. The van der Waals surface area contributed by atoms with Crippen LogP contribution in [0.25, 0.3) is 22.2 Å². The van der Waals surface area contributed by atoms with Crippen LogP contribution >= 0.6 is 23.2 Å². The molecule has 0 unspecified atom stereocenters. The predicted octanol–water partition coefficient (Wildman–Crippen LogP) is 5.64. The number of rotatable bonds is 5. The molecule has 0 spiro atoms. The molecule has 30 heavy (non-hydrogen) atoms. The third-order valence-corrected chi connectivity index (χ3v) is 5.23. The van der Waals surface area contributed by atoms with E-state index in [-0.39, 0.29) is 10.8 Å². The van der Waals surface area contributed by atoms with E-state index < -0.39 is 12.6 Å². The van der Waals surface area contributed by atoms with Crippen LogP contribution in [-0.2, 0) is 4.74 Å². The number of fused-ring (bicyclic) bond motifs is 1. The van der Waals surface area contributed by atoms with Crippen LogP contribution in [0, 0.1) is 0 Å². The molecule has 0 aliphatic heterocycles. The van der Waals surface area contributed by atoms with Gasteiger partial charge in [0.25, 0.3) is 0 Å². The molecule has 0 radical (unpaired) electrons. The van der Waals surface area contributed by atoms with Crippen molar-refractivity contribution in [1.82, 2.24) is 9.97 Å². The minimum atomic E-state index is -0.614. The molecule has 148 valence electrons. The molecule has 4 aromatic rings. The van der Waals surface area contributed by atoms with Crippen molar-refractivity contribution in [3.8, 4) is 11.3 Å². The lowest BCUT2D eigenvalue weighted by Crippen LogP contribution is -2.15. The number of esters is 1. The molecule has 2 aromatic heterocycles. The lowest BCUT2D eigenvalue weighted by atomic mass is 10.0. The highest BCUT2D eigenvalue weighted by Crippen LogP contribution is 2.26. The highest BCUT2D eigenvalue weighted by molar-refractivity contribution is 6.42. The normalized spacial score (nSPS) is 10.7. The first kappa shape index (κ1) is 20.0. The lowest BCUT2D eigenvalue weighted by Gasteiger charge is -2.10. The molecule has 0 amide bonds. The van der Waals surface area contributed by atoms with Crippen molar-refractivity contribution in [2.24, 2.45) is 0 Å². The summed E-state index contributed by atoms with van der Waals surface area (Å²) in [5.41, 5.74) is 2.72. The van der Waals surface area contributed by atoms with Gasteiger partial charge in [-0.2, -0.15) is 0 Å². The van der Waals surface area contributed by atoms with Crippen molar-refractivity contribution in [3.05, 3.63) is 94.2 Å². The maximum atomic E-state index is 12.8. The summed E-state index contributed by atoms with van der Waals surface area (Å²) in [4.78, 5) is 33.9. The van der Waals surface area contributed by atoms with E-state index in [4.69, 9.17) is 27.9 Å². The van der Waals surface area contributed by atoms with Gasteiger partial charge in [0.05, 0.1) is 26.8 Å². The number of ketones is 1. The molecular weight excluding hydrogens is 423 g/mol. The number of carbonyl (C=O) groups excluding carboxylic acids is 2. The van der Waals surface area contributed by atoms with Gasteiger partial charge in [-0.15, -0.1) is 0 Å². The third-order valence-electron chi connectivity index (χ3n) is 4.49. The van der Waals surface area contributed by atoms with Crippen LogP contribution < -0.4 is 0 Å². The summed E-state index contributed by atoms with van der Waals surface area (Å²) in [7, 11) is 0. The Morgan fingerprint density at radius 2 is 1.67 bits per heavy atom. The number of Topliss-reactive ketones (excluding diaryl/α,β-unsaturated/α-hetero) is 1. The Morgan fingerprint density at radius 1 is 0.900 bits per heavy atom. The van der Waals surface area contributed by atoms with Crippen LogP contribution in [0.15, 0.2) is 73.1 Å². The standard InChI is InChI=1S/C23H14Cl2N2O3/c24-18-6-5-15(11-19(18)25)22(28)13-30-23(29)17-12-21(14-7-9-26-10-8-14)27-20-4-2-1-3-16(17)20/h1-12H,13H2. The number of nitrogens with zero attached hydrogens (tertiary/aromatic N) is 2. The number of hydrogen-bond acceptors (Lipinski definition) is 5. The molecule has 0 N–H and O–H groups in total. The monoisotopic (exact) mass is 436 g/mol. The van der Waals surface area contributed by atoms with Crippen LogP contribution in [0.5, 0.6) is 0 Å². The summed E-state index contributed by atoms with van der Waals surface area (Å²) in [6.45, 7) is -0.419. The molecule has 2 aromatic carbocycles. The van der Waals surface area contributed by atoms with Crippen molar-refractivity contribution in [2.45, 2.75) is 0 Å². The quantitative estimate of drug-likeness (QED) is 0.298. The Bertz CT molecular complexity index is 1260. The van der Waals surface area contributed by atoms with Crippen LogP contribution in [0.1, 0.15) is 20.7 Å². The number of benzene rings is 2. The van der Waals surface area contributed by atoms with Gasteiger partial charge < -0.3 is 4.74 Å². The molecule has 0 atom stereocenters. The minimum Gasteiger partial charge on any atom is -0.454 e. The molecule has 4 rings (SSSR count). The second-order valence-electron chi connectivity index (χ2n) is 6.44. The summed E-state index contributed by atoms with van der Waals surface area (Å²) < 4.78 is 5.31. The third kappa shape index (κ3) is 4.17. The fourth-order valence-corrected chi connectivity index (χ4v) is 3.27. The molecular formula is C23H14Cl2N2O3. The first-order valence-electron chi connectivity index (χ1n) is 8.98. The average Bonchev–Trinajstić information content (AvgIpc) is 2.78. The van der Waals surface area contributed by atoms with Gasteiger partial charge in [0, 0.05) is 28.9 Å². The number of pyridine rings is 2. The van der Waals surface area contributed by atoms with Crippen molar-refractivity contribution in [3.63, 3.8) is 0 Å². The van der Waals surface area contributed by atoms with Crippen molar-refractivity contribution in [1.29, 1.82) is 0 Å². The summed E-state index contributed by atoms with van der Waals surface area (Å²) >= 11 is 11.8. The molecule has 0 saturated heterocycles. The lowest BCUT2D eigenvalue weighted by molar-refractivity contribution is 0.0476. The Morgan fingerprint density at radius 3 is 2.43 bits per heavy atom. The van der Waals surface area contributed by atoms with Gasteiger partial charge in [0.2, 0.25) is 0 Å². The number of para-hydroxylation sites is 1. The van der Waals surface area contributed by atoms with Crippen LogP contribution in [0.4, 0.5) is 0 Å². The second-order valence-corrected chi connectivity index (χ2v) is 7.25. The van der Waals surface area contributed by atoms with Crippen LogP contribution in [0.3, 0.4) is 0 Å². The predicted molar refractivity (Wildman–Crippen MR) is 116 cm³/mol. The van der Waals surface area contributed by atoms with E-state index in [1.54, 1.807) is 36.7 Å². The highest BCUT2D eigenvalue weighted by atomic mass is 35.5. The molecule has 7 heteroatoms. The van der Waals surface area contributed by atoms with Crippen molar-refractivity contribution in [2.75, 3.05) is 6.61 Å². The smallest absolute Gasteiger partial charge is 0.339 e. The van der Waals surface area contributed by atoms with Gasteiger partial charge in [-0.3, -0.25) is 9.78 Å². The van der Waals surface area contributed by atoms with Crippen molar-refractivity contribution < 1.29 is 14.3 Å². The molecule has 0 bridgehead atoms. The van der Waals surface area contributed by atoms with Gasteiger partial charge in [0.15, 0.2) is 12.4 Å². The molecule has 0 aliphatic rings. The molecule has 2 heterocycles. The van der Waals surface area contributed by atoms with E-state index in [0.29, 0.717) is 32.7 Å². The van der Waals surface area contributed by atoms with Gasteiger partial charge in [-0.25, -0.2) is 9.78 Å². The summed E-state index contributed by atoms with van der Waals surface area (Å²) in [5, 5.41) is 1.25. The van der Waals surface area contributed by atoms with E-state index in [1.807, 2.05) is 18.2 Å². The second kappa shape index (κ2) is 8.61. The van der Waals surface area contributed by atoms with Crippen LogP contribution in [-0.4, -0.2) is 28.3 Å². The molecule has 0 fully saturated rings. The maximum Gasteiger partial charge on any atom is 0.339 e. The largest absolute Gasteiger partial charge is 0.454 e. The van der Waals surface area contributed by atoms with E-state index in [0.717, 1.165) is 5.56 Å². The van der Waals surface area contributed by atoms with Crippen molar-refractivity contribution >= 4 is 45.9 Å². The number of carbonyl (C=O) groups is 2. The van der Waals surface area contributed by atoms with Crippen LogP contribution in [0.2, 0.25) is 10.0 Å². The SMILES string of the molecule is O=C(COC(=O)c1cc(-c2ccncc2)nc2ccccc12)c1ccc(Cl)c(Cl)c1. The first-order valence-corrected chi connectivity index (χ1v) is 9.74. The Balaban J connectivity index is 1.62. The summed E-state index contributed by atoms with van der Waals surface area (Å²) in [6, 6.07) is 17.0. The first-order chi connectivity index (χ1) is 14.5. The van der Waals surface area contributed by atoms with E-state index in [2.05, 4.69) is 9.97 Å². The van der Waals surface area contributed by atoms with E-state index >= 15 is 0 Å². The molecule has 0 saturated carbocycles. The number of aromatic nitrogens is 2. The fourth-order valence-electron chi connectivity index (χ4n) is 2.98. The van der Waals surface area contributed by atoms with Gasteiger partial charge >= 0.3 is 5.97 Å². The molecule has 0 aliphatic carbocycles. The van der Waals surface area contributed by atoms with Gasteiger partial charge in [-0.1, -0.05) is 41.4 Å². The number of halogens is 2. The van der Waals surface area contributed by atoms with Gasteiger partial charge in [-0.05, 0) is 42.5 Å². The zero-order valence-corrected chi connectivity index (χ0v) is 17.0. The zero-order valence-electron chi connectivity index (χ0n) is 15.5. The van der Waals surface area contributed by atoms with Gasteiger partial charge in [0.1, 0.15) is 0 Å². The summed E-state index contributed by atoms with van der Waals surface area (Å²) in [5.74, 6) is -0.994. The van der Waals surface area contributed by atoms with E-state index in [1.165, 1.54) is 18.2 Å². The Kier molecular flexibility index (Phi) is 5.74. The van der Waals surface area contributed by atoms with E-state index in [9.17, 15) is 9.59 Å². The number of ether oxygens (including phenoxy) is 1. The highest BCUT2D eigenvalue weighted by Gasteiger charge is 2.17. The number of hydrogen-bond donors (Lipinski definition) is 0.